The van der Waals surface area contributed by atoms with Crippen molar-refractivity contribution >= 4 is 11.7 Å². The molecule has 0 aliphatic carbocycles. The van der Waals surface area contributed by atoms with Crippen molar-refractivity contribution in [3.05, 3.63) is 38.9 Å². The van der Waals surface area contributed by atoms with Gasteiger partial charge in [-0.25, -0.2) is 8.78 Å². The van der Waals surface area contributed by atoms with Gasteiger partial charge in [0.1, 0.15) is 0 Å². The maximum absolute atomic E-state index is 13.0. The van der Waals surface area contributed by atoms with E-state index in [4.69, 9.17) is 5.26 Å². The van der Waals surface area contributed by atoms with Crippen LogP contribution in [0.4, 0.5) is 14.5 Å². The number of nitrogens with zero attached hydrogens (tertiary/aromatic N) is 2. The summed E-state index contributed by atoms with van der Waals surface area (Å²) in [4.78, 5) is 21.2. The molecule has 0 aliphatic rings. The Morgan fingerprint density at radius 2 is 2.20 bits per heavy atom. The number of alkyl halides is 2. The Balaban J connectivity index is 3.37. The van der Waals surface area contributed by atoms with E-state index in [-0.39, 0.29) is 12.2 Å². The first kappa shape index (κ1) is 15.5. The van der Waals surface area contributed by atoms with E-state index in [2.05, 4.69) is 4.74 Å². The van der Waals surface area contributed by atoms with Crippen molar-refractivity contribution in [3.63, 3.8) is 0 Å². The van der Waals surface area contributed by atoms with Crippen LogP contribution in [0.1, 0.15) is 30.0 Å². The van der Waals surface area contributed by atoms with E-state index < -0.39 is 40.6 Å². The van der Waals surface area contributed by atoms with Crippen LogP contribution in [0.2, 0.25) is 0 Å². The van der Waals surface area contributed by atoms with Crippen molar-refractivity contribution in [2.45, 2.75) is 19.8 Å². The third-order valence-corrected chi connectivity index (χ3v) is 2.44. The highest BCUT2D eigenvalue weighted by Gasteiger charge is 2.24. The number of benzene rings is 1. The molecule has 0 radical (unpaired) electrons. The van der Waals surface area contributed by atoms with Crippen LogP contribution in [0.15, 0.2) is 12.1 Å². The highest BCUT2D eigenvalue weighted by atomic mass is 19.3. The Hall–Kier alpha value is -2.56. The lowest BCUT2D eigenvalue weighted by atomic mass is 9.98. The fourth-order valence-electron chi connectivity index (χ4n) is 1.67. The molecule has 0 unspecified atom stereocenters. The van der Waals surface area contributed by atoms with E-state index >= 15 is 0 Å². The Labute approximate surface area is 112 Å². The van der Waals surface area contributed by atoms with Gasteiger partial charge in [0.25, 0.3) is 12.1 Å². The monoisotopic (exact) mass is 284 g/mol. The maximum Gasteiger partial charge on any atom is 0.310 e. The second-order valence-electron chi connectivity index (χ2n) is 3.72. The van der Waals surface area contributed by atoms with Crippen LogP contribution in [-0.4, -0.2) is 17.5 Å². The molecule has 1 rings (SSSR count). The number of rotatable bonds is 5. The second kappa shape index (κ2) is 6.56. The van der Waals surface area contributed by atoms with Crippen LogP contribution >= 0.6 is 0 Å². The van der Waals surface area contributed by atoms with Gasteiger partial charge in [0.2, 0.25) is 0 Å². The first-order valence-corrected chi connectivity index (χ1v) is 5.55. The number of ether oxygens (including phenoxy) is 1. The summed E-state index contributed by atoms with van der Waals surface area (Å²) in [6, 6.07) is 3.10. The molecular formula is C12H10F2N2O4. The van der Waals surface area contributed by atoms with Crippen LogP contribution in [0.25, 0.3) is 0 Å². The number of hydrogen-bond acceptors (Lipinski definition) is 5. The number of esters is 1. The lowest BCUT2D eigenvalue weighted by Crippen LogP contribution is -2.11. The van der Waals surface area contributed by atoms with E-state index in [0.29, 0.717) is 0 Å². The molecule has 0 N–H and O–H groups in total. The van der Waals surface area contributed by atoms with E-state index in [1.165, 1.54) is 6.07 Å². The number of hydrogen-bond donors (Lipinski definition) is 0. The van der Waals surface area contributed by atoms with Crippen LogP contribution in [0, 0.1) is 21.4 Å². The van der Waals surface area contributed by atoms with Crippen molar-refractivity contribution in [1.82, 2.24) is 0 Å². The maximum atomic E-state index is 13.0. The molecule has 6 nitrogen and oxygen atoms in total. The number of carbonyl (C=O) groups is 1. The summed E-state index contributed by atoms with van der Waals surface area (Å²) in [5.41, 5.74) is -1.99. The first-order chi connectivity index (χ1) is 9.40. The van der Waals surface area contributed by atoms with Gasteiger partial charge in [-0.15, -0.1) is 0 Å². The summed E-state index contributed by atoms with van der Waals surface area (Å²) in [6.07, 6.45) is -3.57. The van der Waals surface area contributed by atoms with Crippen LogP contribution in [0.3, 0.4) is 0 Å². The molecule has 0 atom stereocenters. The second-order valence-corrected chi connectivity index (χ2v) is 3.72. The zero-order valence-electron chi connectivity index (χ0n) is 10.4. The lowest BCUT2D eigenvalue weighted by molar-refractivity contribution is -0.385. The number of nitro groups is 1. The van der Waals surface area contributed by atoms with Crippen LogP contribution < -0.4 is 0 Å². The quantitative estimate of drug-likeness (QED) is 0.470. The third kappa shape index (κ3) is 3.47. The lowest BCUT2D eigenvalue weighted by Gasteiger charge is -2.10. The number of nitro benzene ring substituents is 1. The third-order valence-electron chi connectivity index (χ3n) is 2.44. The number of non-ortho nitro benzene ring substituents is 1. The van der Waals surface area contributed by atoms with Gasteiger partial charge in [-0.1, -0.05) is 0 Å². The molecule has 0 fully saturated rings. The summed E-state index contributed by atoms with van der Waals surface area (Å²) in [5, 5.41) is 19.5. The smallest absolute Gasteiger partial charge is 0.310 e. The van der Waals surface area contributed by atoms with Crippen molar-refractivity contribution in [1.29, 1.82) is 5.26 Å². The Kier molecular flexibility index (Phi) is 5.08. The molecule has 8 heteroatoms. The summed E-state index contributed by atoms with van der Waals surface area (Å²) in [7, 11) is 0. The van der Waals surface area contributed by atoms with E-state index in [9.17, 15) is 23.7 Å². The van der Waals surface area contributed by atoms with Gasteiger partial charge in [-0.3, -0.25) is 14.9 Å². The fourth-order valence-corrected chi connectivity index (χ4v) is 1.67. The van der Waals surface area contributed by atoms with Crippen LogP contribution in [-0.2, 0) is 16.0 Å². The molecule has 0 aromatic heterocycles. The molecule has 1 aromatic rings. The van der Waals surface area contributed by atoms with Crippen molar-refractivity contribution in [3.8, 4) is 6.07 Å². The van der Waals surface area contributed by atoms with E-state index in [1.54, 1.807) is 6.92 Å². The predicted molar refractivity (Wildman–Crippen MR) is 63.1 cm³/mol. The predicted octanol–water partition coefficient (Wildman–Crippen LogP) is 2.51. The van der Waals surface area contributed by atoms with Gasteiger partial charge < -0.3 is 4.74 Å². The van der Waals surface area contributed by atoms with Gasteiger partial charge in [0, 0.05) is 17.7 Å². The normalized spacial score (nSPS) is 10.2. The molecule has 0 saturated heterocycles. The molecule has 1 aromatic carbocycles. The zero-order chi connectivity index (χ0) is 15.3. The molecule has 20 heavy (non-hydrogen) atoms. The molecule has 0 spiro atoms. The topological polar surface area (TPSA) is 93.2 Å². The van der Waals surface area contributed by atoms with E-state index in [0.717, 1.165) is 12.1 Å². The summed E-state index contributed by atoms with van der Waals surface area (Å²) in [6.45, 7) is 1.60. The van der Waals surface area contributed by atoms with E-state index in [1.807, 2.05) is 0 Å². The minimum Gasteiger partial charge on any atom is -0.466 e. The van der Waals surface area contributed by atoms with Gasteiger partial charge in [0.15, 0.2) is 0 Å². The molecule has 0 bridgehead atoms. The highest BCUT2D eigenvalue weighted by Crippen LogP contribution is 2.31. The van der Waals surface area contributed by atoms with Crippen LogP contribution in [0.5, 0.6) is 0 Å². The minimum atomic E-state index is -3.02. The summed E-state index contributed by atoms with van der Waals surface area (Å²) in [5.74, 6) is -0.793. The molecule has 0 saturated carbocycles. The summed E-state index contributed by atoms with van der Waals surface area (Å²) < 4.78 is 30.6. The Morgan fingerprint density at radius 1 is 1.55 bits per heavy atom. The number of halogens is 2. The molecular weight excluding hydrogens is 274 g/mol. The summed E-state index contributed by atoms with van der Waals surface area (Å²) >= 11 is 0. The average molecular weight is 284 g/mol. The fraction of sp³-hybridized carbons (Fsp3) is 0.333. The van der Waals surface area contributed by atoms with Gasteiger partial charge in [-0.2, -0.15) is 5.26 Å². The Morgan fingerprint density at radius 3 is 2.65 bits per heavy atom. The minimum absolute atomic E-state index is 0.0584. The number of carbonyl (C=O) groups excluding carboxylic acids is 1. The standard InChI is InChI=1S/C12H10F2N2O4/c1-2-20-10(17)5-7-3-9(16(18)19)4-8(6-15)11(7)12(13)14/h3-4,12H,2,5H2,1H3. The number of nitriles is 1. The molecule has 0 aliphatic heterocycles. The molecule has 0 heterocycles. The SMILES string of the molecule is CCOC(=O)Cc1cc([N+](=O)[O-])cc(C#N)c1C(F)F. The van der Waals surface area contributed by atoms with Crippen molar-refractivity contribution < 1.29 is 23.2 Å². The Bertz CT molecular complexity index is 582. The zero-order valence-corrected chi connectivity index (χ0v) is 10.4. The van der Waals surface area contributed by atoms with Gasteiger partial charge >= 0.3 is 5.97 Å². The van der Waals surface area contributed by atoms with Crippen molar-refractivity contribution in [2.24, 2.45) is 0 Å². The average Bonchev–Trinajstić information content (AvgIpc) is 2.37. The first-order valence-electron chi connectivity index (χ1n) is 5.55. The van der Waals surface area contributed by atoms with Gasteiger partial charge in [-0.05, 0) is 12.5 Å². The molecule has 0 amide bonds. The van der Waals surface area contributed by atoms with Crippen molar-refractivity contribution in [2.75, 3.05) is 6.61 Å². The van der Waals surface area contributed by atoms with Gasteiger partial charge in [0.05, 0.1) is 29.6 Å². The highest BCUT2D eigenvalue weighted by molar-refractivity contribution is 5.74. The largest absolute Gasteiger partial charge is 0.466 e. The molecule has 106 valence electrons.